The molecule has 1 heterocycles. The smallest absolute Gasteiger partial charge is 0.244 e. The molecule has 1 saturated heterocycles. The standard InChI is InChI=1S/C20H31N3O2.ClH/c1-4-15(5-2)18(24)23-13-11-17(12-14-23)22-19(25)20(3,21)16-9-7-6-8-10-16;/h6-10,15,17H,4-5,11-14,21H2,1-3H3,(H,22,25);1H. The molecule has 0 radical (unpaired) electrons. The van der Waals surface area contributed by atoms with Gasteiger partial charge >= 0.3 is 0 Å². The lowest BCUT2D eigenvalue weighted by molar-refractivity contribution is -0.137. The number of carbonyl (C=O) groups excluding carboxylic acids is 2. The van der Waals surface area contributed by atoms with Gasteiger partial charge in [0.2, 0.25) is 11.8 Å². The summed E-state index contributed by atoms with van der Waals surface area (Å²) in [4.78, 5) is 27.0. The predicted octanol–water partition coefficient (Wildman–Crippen LogP) is 2.83. The quantitative estimate of drug-likeness (QED) is 0.795. The number of rotatable bonds is 6. The van der Waals surface area contributed by atoms with Gasteiger partial charge in [0.1, 0.15) is 5.54 Å². The minimum atomic E-state index is -1.05. The first-order valence-electron chi connectivity index (χ1n) is 9.34. The molecular weight excluding hydrogens is 350 g/mol. The first-order valence-corrected chi connectivity index (χ1v) is 9.34. The van der Waals surface area contributed by atoms with Gasteiger partial charge < -0.3 is 16.0 Å². The Bertz CT molecular complexity index is 580. The van der Waals surface area contributed by atoms with Crippen LogP contribution in [0.4, 0.5) is 0 Å². The minimum absolute atomic E-state index is 0. The average molecular weight is 382 g/mol. The molecule has 1 atom stereocenters. The Kier molecular flexibility index (Phi) is 8.57. The van der Waals surface area contributed by atoms with Crippen LogP contribution < -0.4 is 11.1 Å². The molecule has 1 aliphatic rings. The number of hydrogen-bond donors (Lipinski definition) is 2. The summed E-state index contributed by atoms with van der Waals surface area (Å²) >= 11 is 0. The van der Waals surface area contributed by atoms with Gasteiger partial charge in [-0.1, -0.05) is 44.2 Å². The highest BCUT2D eigenvalue weighted by Gasteiger charge is 2.33. The highest BCUT2D eigenvalue weighted by Crippen LogP contribution is 2.20. The van der Waals surface area contributed by atoms with Crippen molar-refractivity contribution in [3.05, 3.63) is 35.9 Å². The van der Waals surface area contributed by atoms with Crippen LogP contribution in [0.25, 0.3) is 0 Å². The summed E-state index contributed by atoms with van der Waals surface area (Å²) in [5, 5.41) is 3.07. The third-order valence-corrected chi connectivity index (χ3v) is 5.32. The molecule has 0 saturated carbocycles. The largest absolute Gasteiger partial charge is 0.351 e. The number of likely N-dealkylation sites (tertiary alicyclic amines) is 1. The van der Waals surface area contributed by atoms with Gasteiger partial charge in [-0.25, -0.2) is 0 Å². The van der Waals surface area contributed by atoms with Crippen molar-refractivity contribution in [2.75, 3.05) is 13.1 Å². The number of nitrogens with zero attached hydrogens (tertiary/aromatic N) is 1. The summed E-state index contributed by atoms with van der Waals surface area (Å²) in [5.41, 5.74) is 6.02. The first-order chi connectivity index (χ1) is 11.9. The maximum Gasteiger partial charge on any atom is 0.244 e. The highest BCUT2D eigenvalue weighted by molar-refractivity contribution is 5.87. The second kappa shape index (κ2) is 9.93. The van der Waals surface area contributed by atoms with Gasteiger partial charge in [-0.3, -0.25) is 9.59 Å². The second-order valence-corrected chi connectivity index (χ2v) is 7.15. The van der Waals surface area contributed by atoms with Crippen molar-refractivity contribution in [2.24, 2.45) is 11.7 Å². The summed E-state index contributed by atoms with van der Waals surface area (Å²) in [5.74, 6) is 0.211. The van der Waals surface area contributed by atoms with Crippen molar-refractivity contribution >= 4 is 24.2 Å². The van der Waals surface area contributed by atoms with Crippen molar-refractivity contribution < 1.29 is 9.59 Å². The van der Waals surface area contributed by atoms with Crippen LogP contribution in [-0.2, 0) is 15.1 Å². The van der Waals surface area contributed by atoms with Crippen LogP contribution in [0.1, 0.15) is 52.0 Å². The summed E-state index contributed by atoms with van der Waals surface area (Å²) in [7, 11) is 0. The minimum Gasteiger partial charge on any atom is -0.351 e. The van der Waals surface area contributed by atoms with Crippen molar-refractivity contribution in [1.82, 2.24) is 10.2 Å². The molecule has 26 heavy (non-hydrogen) atoms. The maximum atomic E-state index is 12.6. The fraction of sp³-hybridized carbons (Fsp3) is 0.600. The van der Waals surface area contributed by atoms with E-state index in [0.717, 1.165) is 31.2 Å². The lowest BCUT2D eigenvalue weighted by Crippen LogP contribution is -2.54. The molecule has 2 amide bonds. The number of nitrogens with two attached hydrogens (primary N) is 1. The van der Waals surface area contributed by atoms with Gasteiger partial charge in [-0.05, 0) is 38.2 Å². The summed E-state index contributed by atoms with van der Waals surface area (Å²) < 4.78 is 0. The van der Waals surface area contributed by atoms with E-state index >= 15 is 0 Å². The number of amides is 2. The van der Waals surface area contributed by atoms with Crippen LogP contribution >= 0.6 is 12.4 Å². The van der Waals surface area contributed by atoms with E-state index in [1.54, 1.807) is 6.92 Å². The van der Waals surface area contributed by atoms with E-state index in [2.05, 4.69) is 19.2 Å². The Balaban J connectivity index is 0.00000338. The van der Waals surface area contributed by atoms with Crippen LogP contribution in [-0.4, -0.2) is 35.8 Å². The molecule has 146 valence electrons. The number of carbonyl (C=O) groups is 2. The summed E-state index contributed by atoms with van der Waals surface area (Å²) in [6, 6.07) is 9.49. The number of piperidine rings is 1. The average Bonchev–Trinajstić information content (AvgIpc) is 2.64. The number of benzene rings is 1. The Morgan fingerprint density at radius 3 is 2.23 bits per heavy atom. The molecule has 0 aromatic heterocycles. The SMILES string of the molecule is CCC(CC)C(=O)N1CCC(NC(=O)C(C)(N)c2ccccc2)CC1.Cl. The molecule has 0 spiro atoms. The van der Waals surface area contributed by atoms with E-state index in [1.165, 1.54) is 0 Å². The Morgan fingerprint density at radius 1 is 1.19 bits per heavy atom. The zero-order valence-corrected chi connectivity index (χ0v) is 16.8. The molecule has 1 aromatic carbocycles. The van der Waals surface area contributed by atoms with Crippen LogP contribution in [0.5, 0.6) is 0 Å². The van der Waals surface area contributed by atoms with Crippen LogP contribution in [0, 0.1) is 5.92 Å². The predicted molar refractivity (Wildman–Crippen MR) is 107 cm³/mol. The maximum absolute atomic E-state index is 12.6. The number of halogens is 1. The van der Waals surface area contributed by atoms with Gasteiger partial charge in [-0.15, -0.1) is 12.4 Å². The van der Waals surface area contributed by atoms with E-state index in [4.69, 9.17) is 5.73 Å². The van der Waals surface area contributed by atoms with Crippen molar-refractivity contribution in [3.63, 3.8) is 0 Å². The van der Waals surface area contributed by atoms with E-state index in [1.807, 2.05) is 35.2 Å². The molecule has 6 heteroatoms. The fourth-order valence-corrected chi connectivity index (χ4v) is 3.39. The molecule has 1 aromatic rings. The molecule has 5 nitrogen and oxygen atoms in total. The summed E-state index contributed by atoms with van der Waals surface area (Å²) in [6.45, 7) is 7.26. The van der Waals surface area contributed by atoms with Gasteiger partial charge in [0.25, 0.3) is 0 Å². The van der Waals surface area contributed by atoms with Crippen molar-refractivity contribution in [3.8, 4) is 0 Å². The zero-order chi connectivity index (χ0) is 18.4. The molecule has 1 unspecified atom stereocenters. The van der Waals surface area contributed by atoms with Crippen LogP contribution in [0.3, 0.4) is 0 Å². The zero-order valence-electron chi connectivity index (χ0n) is 16.0. The molecule has 2 rings (SSSR count). The molecular formula is C20H32ClN3O2. The number of hydrogen-bond acceptors (Lipinski definition) is 3. The molecule has 3 N–H and O–H groups in total. The lowest BCUT2D eigenvalue weighted by atomic mass is 9.91. The normalized spacial score (nSPS) is 17.3. The van der Waals surface area contributed by atoms with Gasteiger partial charge in [0.05, 0.1) is 0 Å². The van der Waals surface area contributed by atoms with E-state index in [-0.39, 0.29) is 36.2 Å². The van der Waals surface area contributed by atoms with E-state index in [0.29, 0.717) is 13.1 Å². The van der Waals surface area contributed by atoms with E-state index < -0.39 is 5.54 Å². The molecule has 0 aliphatic carbocycles. The Labute approximate surface area is 163 Å². The molecule has 0 bridgehead atoms. The highest BCUT2D eigenvalue weighted by atomic mass is 35.5. The number of nitrogens with one attached hydrogen (secondary N) is 1. The van der Waals surface area contributed by atoms with Gasteiger partial charge in [0, 0.05) is 25.0 Å². The first kappa shape index (κ1) is 22.5. The van der Waals surface area contributed by atoms with Crippen LogP contribution in [0.2, 0.25) is 0 Å². The van der Waals surface area contributed by atoms with Crippen LogP contribution in [0.15, 0.2) is 30.3 Å². The van der Waals surface area contributed by atoms with Crippen molar-refractivity contribution in [2.45, 2.75) is 58.0 Å². The lowest BCUT2D eigenvalue weighted by Gasteiger charge is -2.35. The molecule has 1 aliphatic heterocycles. The third kappa shape index (κ3) is 5.21. The second-order valence-electron chi connectivity index (χ2n) is 7.15. The monoisotopic (exact) mass is 381 g/mol. The fourth-order valence-electron chi connectivity index (χ4n) is 3.39. The Hall–Kier alpha value is -1.59. The van der Waals surface area contributed by atoms with E-state index in [9.17, 15) is 9.59 Å². The van der Waals surface area contributed by atoms with Crippen molar-refractivity contribution in [1.29, 1.82) is 0 Å². The van der Waals surface area contributed by atoms with Gasteiger partial charge in [0.15, 0.2) is 0 Å². The summed E-state index contributed by atoms with van der Waals surface area (Å²) in [6.07, 6.45) is 3.33. The topological polar surface area (TPSA) is 75.4 Å². The Morgan fingerprint density at radius 2 is 1.73 bits per heavy atom. The molecule has 1 fully saturated rings. The van der Waals surface area contributed by atoms with Gasteiger partial charge in [-0.2, -0.15) is 0 Å². The third-order valence-electron chi connectivity index (χ3n) is 5.32.